The number of anilines is 1. The van der Waals surface area contributed by atoms with Crippen LogP contribution in [0.4, 0.5) is 5.69 Å². The summed E-state index contributed by atoms with van der Waals surface area (Å²) in [5.74, 6) is 0.579. The van der Waals surface area contributed by atoms with Gasteiger partial charge in [-0.15, -0.1) is 0 Å². The zero-order chi connectivity index (χ0) is 19.7. The van der Waals surface area contributed by atoms with Gasteiger partial charge >= 0.3 is 0 Å². The monoisotopic (exact) mass is 380 g/mol. The second-order valence-corrected chi connectivity index (χ2v) is 7.30. The second kappa shape index (κ2) is 7.58. The minimum atomic E-state index is -0.526. The Morgan fingerprint density at radius 3 is 3.00 bits per heavy atom. The summed E-state index contributed by atoms with van der Waals surface area (Å²) in [5.41, 5.74) is 4.93. The fourth-order valence-corrected chi connectivity index (χ4v) is 4.02. The molecule has 7 nitrogen and oxygen atoms in total. The number of nitrogens with one attached hydrogen (secondary N) is 2. The Kier molecular flexibility index (Phi) is 4.98. The molecule has 7 heteroatoms. The smallest absolute Gasteiger partial charge is 0.228 e. The van der Waals surface area contributed by atoms with Crippen LogP contribution in [0.2, 0.25) is 0 Å². The lowest BCUT2D eigenvalue weighted by Crippen LogP contribution is -2.36. The lowest BCUT2D eigenvalue weighted by molar-refractivity contribution is -0.126. The summed E-state index contributed by atoms with van der Waals surface area (Å²) in [5, 5.41) is 5.76. The van der Waals surface area contributed by atoms with Crippen molar-refractivity contribution in [1.29, 1.82) is 0 Å². The number of ether oxygens (including phenoxy) is 1. The summed E-state index contributed by atoms with van der Waals surface area (Å²) < 4.78 is 5.26. The molecule has 0 spiro atoms. The Balaban J connectivity index is 1.43. The van der Waals surface area contributed by atoms with E-state index in [0.717, 1.165) is 42.0 Å². The Bertz CT molecular complexity index is 941. The van der Waals surface area contributed by atoms with Crippen molar-refractivity contribution < 1.29 is 14.3 Å². The number of aromatic nitrogens is 2. The molecule has 1 atom stereocenters. The van der Waals surface area contributed by atoms with Crippen molar-refractivity contribution >= 4 is 17.5 Å². The molecule has 146 valence electrons. The molecule has 1 aliphatic carbocycles. The summed E-state index contributed by atoms with van der Waals surface area (Å²) in [6, 6.07) is 5.35. The fraction of sp³-hybridized carbons (Fsp3) is 0.429. The van der Waals surface area contributed by atoms with Gasteiger partial charge in [0.25, 0.3) is 0 Å². The van der Waals surface area contributed by atoms with Crippen molar-refractivity contribution in [3.63, 3.8) is 0 Å². The van der Waals surface area contributed by atoms with Crippen molar-refractivity contribution in [3.8, 4) is 5.75 Å². The molecule has 2 N–H and O–H groups in total. The molecule has 2 aromatic rings. The highest BCUT2D eigenvalue weighted by atomic mass is 16.5. The van der Waals surface area contributed by atoms with Gasteiger partial charge in [0.15, 0.2) is 0 Å². The standard InChI is InChI=1S/C21H24N4O3/c1-12-14-4-3-5-17(14)24-19(23-12)8-9-22-21(27)16-11-20(26)25-18-7-6-13(28-2)10-15(16)18/h6-7,10,16H,3-5,8-9,11H2,1-2H3,(H,22,27)(H,25,26)/t16-/m1/s1. The molecule has 2 amide bonds. The fourth-order valence-electron chi connectivity index (χ4n) is 4.02. The third-order valence-corrected chi connectivity index (χ3v) is 5.45. The van der Waals surface area contributed by atoms with Gasteiger partial charge in [-0.2, -0.15) is 0 Å². The topological polar surface area (TPSA) is 93.2 Å². The predicted octanol–water partition coefficient (Wildman–Crippen LogP) is 2.07. The molecule has 0 saturated carbocycles. The first-order valence-corrected chi connectivity index (χ1v) is 9.66. The molecule has 1 aliphatic heterocycles. The second-order valence-electron chi connectivity index (χ2n) is 7.30. The molecule has 1 aromatic heterocycles. The summed E-state index contributed by atoms with van der Waals surface area (Å²) in [7, 11) is 1.58. The molecular weight excluding hydrogens is 356 g/mol. The summed E-state index contributed by atoms with van der Waals surface area (Å²) in [6.45, 7) is 2.47. The van der Waals surface area contributed by atoms with E-state index in [2.05, 4.69) is 20.6 Å². The number of amides is 2. The average Bonchev–Trinajstić information content (AvgIpc) is 3.16. The van der Waals surface area contributed by atoms with E-state index in [-0.39, 0.29) is 18.2 Å². The molecule has 2 heterocycles. The van der Waals surface area contributed by atoms with E-state index in [4.69, 9.17) is 4.74 Å². The molecule has 0 bridgehead atoms. The van der Waals surface area contributed by atoms with Gasteiger partial charge in [0.2, 0.25) is 11.8 Å². The van der Waals surface area contributed by atoms with E-state index < -0.39 is 5.92 Å². The molecule has 0 fully saturated rings. The highest BCUT2D eigenvalue weighted by Crippen LogP contribution is 2.35. The third-order valence-electron chi connectivity index (χ3n) is 5.45. The molecule has 0 radical (unpaired) electrons. The van der Waals surface area contributed by atoms with Crippen molar-refractivity contribution in [2.45, 2.75) is 44.9 Å². The number of methoxy groups -OCH3 is 1. The quantitative estimate of drug-likeness (QED) is 0.828. The van der Waals surface area contributed by atoms with Crippen LogP contribution >= 0.6 is 0 Å². The first kappa shape index (κ1) is 18.4. The summed E-state index contributed by atoms with van der Waals surface area (Å²) in [4.78, 5) is 34.0. The van der Waals surface area contributed by atoms with Crippen LogP contribution in [0, 0.1) is 6.92 Å². The first-order valence-electron chi connectivity index (χ1n) is 9.66. The maximum atomic E-state index is 12.8. The van der Waals surface area contributed by atoms with E-state index in [9.17, 15) is 9.59 Å². The number of carbonyl (C=O) groups excluding carboxylic acids is 2. The normalized spacial score (nSPS) is 17.5. The van der Waals surface area contributed by atoms with Gasteiger partial charge in [-0.3, -0.25) is 9.59 Å². The number of fused-ring (bicyclic) bond motifs is 2. The number of aryl methyl sites for hydroxylation is 2. The van der Waals surface area contributed by atoms with E-state index >= 15 is 0 Å². The third kappa shape index (κ3) is 3.56. The molecule has 0 unspecified atom stereocenters. The van der Waals surface area contributed by atoms with Crippen LogP contribution < -0.4 is 15.4 Å². The van der Waals surface area contributed by atoms with E-state index in [1.54, 1.807) is 19.2 Å². The molecule has 4 rings (SSSR count). The lowest BCUT2D eigenvalue weighted by Gasteiger charge is -2.25. The summed E-state index contributed by atoms with van der Waals surface area (Å²) >= 11 is 0. The average molecular weight is 380 g/mol. The van der Waals surface area contributed by atoms with Crippen molar-refractivity contribution in [2.24, 2.45) is 0 Å². The van der Waals surface area contributed by atoms with Crippen molar-refractivity contribution in [1.82, 2.24) is 15.3 Å². The van der Waals surface area contributed by atoms with E-state index in [1.165, 1.54) is 5.56 Å². The van der Waals surface area contributed by atoms with Crippen molar-refractivity contribution in [2.75, 3.05) is 19.0 Å². The van der Waals surface area contributed by atoms with Gasteiger partial charge in [-0.1, -0.05) is 0 Å². The van der Waals surface area contributed by atoms with Crippen LogP contribution in [0.25, 0.3) is 0 Å². The zero-order valence-corrected chi connectivity index (χ0v) is 16.2. The number of carbonyl (C=O) groups is 2. The van der Waals surface area contributed by atoms with Crippen LogP contribution in [0.15, 0.2) is 18.2 Å². The van der Waals surface area contributed by atoms with E-state index in [0.29, 0.717) is 24.4 Å². The largest absolute Gasteiger partial charge is 0.497 e. The maximum Gasteiger partial charge on any atom is 0.228 e. The number of hydrogen-bond acceptors (Lipinski definition) is 5. The zero-order valence-electron chi connectivity index (χ0n) is 16.2. The van der Waals surface area contributed by atoms with Gasteiger partial charge in [0, 0.05) is 36.5 Å². The number of hydrogen-bond donors (Lipinski definition) is 2. The highest BCUT2D eigenvalue weighted by molar-refractivity contribution is 6.01. The van der Waals surface area contributed by atoms with Crippen LogP contribution in [0.3, 0.4) is 0 Å². The number of rotatable bonds is 5. The van der Waals surface area contributed by atoms with Gasteiger partial charge in [-0.05, 0) is 55.5 Å². The lowest BCUT2D eigenvalue weighted by atomic mass is 9.89. The van der Waals surface area contributed by atoms with Crippen LogP contribution in [-0.4, -0.2) is 35.4 Å². The van der Waals surface area contributed by atoms with Crippen LogP contribution in [0.5, 0.6) is 5.75 Å². The number of nitrogens with zero attached hydrogens (tertiary/aromatic N) is 2. The van der Waals surface area contributed by atoms with Gasteiger partial charge in [0.05, 0.1) is 13.0 Å². The van der Waals surface area contributed by atoms with Gasteiger partial charge in [-0.25, -0.2) is 9.97 Å². The van der Waals surface area contributed by atoms with Crippen LogP contribution in [0.1, 0.15) is 47.1 Å². The Morgan fingerprint density at radius 1 is 1.32 bits per heavy atom. The Labute approximate surface area is 163 Å². The predicted molar refractivity (Wildman–Crippen MR) is 104 cm³/mol. The summed E-state index contributed by atoms with van der Waals surface area (Å²) in [6.07, 6.45) is 3.90. The minimum absolute atomic E-state index is 0.125. The minimum Gasteiger partial charge on any atom is -0.497 e. The first-order chi connectivity index (χ1) is 13.5. The Morgan fingerprint density at radius 2 is 2.18 bits per heavy atom. The molecular formula is C21H24N4O3. The number of benzene rings is 1. The van der Waals surface area contributed by atoms with Gasteiger partial charge < -0.3 is 15.4 Å². The van der Waals surface area contributed by atoms with Gasteiger partial charge in [0.1, 0.15) is 11.6 Å². The Hall–Kier alpha value is -2.96. The highest BCUT2D eigenvalue weighted by Gasteiger charge is 2.31. The molecule has 2 aliphatic rings. The molecule has 0 saturated heterocycles. The van der Waals surface area contributed by atoms with E-state index in [1.807, 2.05) is 13.0 Å². The molecule has 28 heavy (non-hydrogen) atoms. The van der Waals surface area contributed by atoms with Crippen LogP contribution in [-0.2, 0) is 28.9 Å². The molecule has 1 aromatic carbocycles. The maximum absolute atomic E-state index is 12.8. The van der Waals surface area contributed by atoms with Crippen molar-refractivity contribution in [3.05, 3.63) is 46.5 Å². The SMILES string of the molecule is COc1ccc2c(c1)[C@H](C(=O)NCCc1nc(C)c3c(n1)CCC3)CC(=O)N2.